The molecule has 1 aromatic carbocycles. The molecule has 2 fully saturated rings. The van der Waals surface area contributed by atoms with Gasteiger partial charge in [-0.05, 0) is 49.4 Å². The van der Waals surface area contributed by atoms with Gasteiger partial charge in [0, 0.05) is 25.3 Å². The molecule has 7 nitrogen and oxygen atoms in total. The van der Waals surface area contributed by atoms with Crippen LogP contribution in [0.4, 0.5) is 16.3 Å². The van der Waals surface area contributed by atoms with E-state index in [4.69, 9.17) is 16.3 Å². The number of ether oxygens (including phenoxy) is 1. The molecule has 1 aliphatic heterocycles. The van der Waals surface area contributed by atoms with E-state index >= 15 is 0 Å². The number of aromatic nitrogens is 1. The second-order valence-electron chi connectivity index (χ2n) is 8.63. The van der Waals surface area contributed by atoms with Gasteiger partial charge in [-0.1, -0.05) is 43.5 Å². The number of carbonyl (C=O) groups excluding carboxylic acids is 2. The number of nitrogens with one attached hydrogen (secondary N) is 2. The van der Waals surface area contributed by atoms with Crippen LogP contribution in [0.2, 0.25) is 5.02 Å². The summed E-state index contributed by atoms with van der Waals surface area (Å²) in [7, 11) is 0. The highest BCUT2D eigenvalue weighted by atomic mass is 35.5. The Morgan fingerprint density at radius 1 is 1.09 bits per heavy atom. The van der Waals surface area contributed by atoms with Crippen molar-refractivity contribution in [2.45, 2.75) is 51.2 Å². The summed E-state index contributed by atoms with van der Waals surface area (Å²) in [4.78, 5) is 31.8. The first-order valence-electron chi connectivity index (χ1n) is 11.2. The van der Waals surface area contributed by atoms with Crippen molar-refractivity contribution in [1.82, 2.24) is 9.88 Å². The van der Waals surface area contributed by atoms with Gasteiger partial charge >= 0.3 is 6.09 Å². The van der Waals surface area contributed by atoms with E-state index in [2.05, 4.69) is 27.4 Å². The minimum Gasteiger partial charge on any atom is -0.445 e. The molecular formula is C24H30Cl2N4O3. The van der Waals surface area contributed by atoms with Crippen LogP contribution in [0.1, 0.15) is 49.4 Å². The molecule has 0 bridgehead atoms. The van der Waals surface area contributed by atoms with Gasteiger partial charge in [-0.2, -0.15) is 0 Å². The van der Waals surface area contributed by atoms with Gasteiger partial charge in [0.15, 0.2) is 0 Å². The van der Waals surface area contributed by atoms with Crippen molar-refractivity contribution < 1.29 is 14.3 Å². The van der Waals surface area contributed by atoms with Gasteiger partial charge in [0.1, 0.15) is 11.9 Å². The predicted molar refractivity (Wildman–Crippen MR) is 132 cm³/mol. The van der Waals surface area contributed by atoms with E-state index in [1.54, 1.807) is 36.4 Å². The van der Waals surface area contributed by atoms with Crippen LogP contribution in [0.5, 0.6) is 0 Å². The highest BCUT2D eigenvalue weighted by molar-refractivity contribution is 6.30. The number of likely N-dealkylation sites (tertiary alicyclic amines) is 1. The molecule has 4 rings (SSSR count). The van der Waals surface area contributed by atoms with Crippen molar-refractivity contribution in [2.75, 3.05) is 23.7 Å². The lowest BCUT2D eigenvalue weighted by molar-refractivity contribution is 0.0921. The number of hydrogen-bond donors (Lipinski definition) is 2. The normalized spacial score (nSPS) is 22.8. The molecule has 0 spiro atoms. The van der Waals surface area contributed by atoms with E-state index in [0.717, 1.165) is 19.5 Å². The van der Waals surface area contributed by atoms with Crippen molar-refractivity contribution in [3.05, 3.63) is 53.2 Å². The zero-order chi connectivity index (χ0) is 22.5. The Bertz CT molecular complexity index is 957. The van der Waals surface area contributed by atoms with Crippen LogP contribution in [0.25, 0.3) is 0 Å². The van der Waals surface area contributed by atoms with Gasteiger partial charge < -0.3 is 10.1 Å². The smallest absolute Gasteiger partial charge is 0.411 e. The van der Waals surface area contributed by atoms with Gasteiger partial charge in [-0.3, -0.25) is 15.0 Å². The molecule has 1 aromatic heterocycles. The maximum Gasteiger partial charge on any atom is 0.411 e. The summed E-state index contributed by atoms with van der Waals surface area (Å²) >= 11 is 5.84. The van der Waals surface area contributed by atoms with Crippen molar-refractivity contribution in [3.8, 4) is 0 Å². The summed E-state index contributed by atoms with van der Waals surface area (Å²) in [6.07, 6.45) is 6.71. The third-order valence-corrected chi connectivity index (χ3v) is 6.59. The molecule has 2 aliphatic rings. The number of pyridine rings is 1. The van der Waals surface area contributed by atoms with E-state index in [-0.39, 0.29) is 24.4 Å². The fourth-order valence-electron chi connectivity index (χ4n) is 4.70. The van der Waals surface area contributed by atoms with Gasteiger partial charge in [0.2, 0.25) is 0 Å². The van der Waals surface area contributed by atoms with Crippen molar-refractivity contribution >= 4 is 47.5 Å². The molecule has 178 valence electrons. The van der Waals surface area contributed by atoms with E-state index in [1.807, 2.05) is 0 Å². The van der Waals surface area contributed by atoms with Gasteiger partial charge in [0.05, 0.1) is 16.3 Å². The van der Waals surface area contributed by atoms with Crippen LogP contribution in [0.15, 0.2) is 42.6 Å². The largest absolute Gasteiger partial charge is 0.445 e. The molecule has 9 heteroatoms. The topological polar surface area (TPSA) is 83.6 Å². The zero-order valence-corrected chi connectivity index (χ0v) is 20.2. The van der Waals surface area contributed by atoms with Crippen LogP contribution in [-0.2, 0) is 4.74 Å². The second kappa shape index (κ2) is 11.7. The summed E-state index contributed by atoms with van der Waals surface area (Å²) in [5.41, 5.74) is 0.713. The van der Waals surface area contributed by atoms with Crippen LogP contribution in [0, 0.1) is 5.92 Å². The monoisotopic (exact) mass is 492 g/mol. The first-order valence-corrected chi connectivity index (χ1v) is 11.6. The molecule has 1 saturated carbocycles. The molecule has 33 heavy (non-hydrogen) atoms. The number of rotatable bonds is 5. The first kappa shape index (κ1) is 25.3. The number of benzene rings is 1. The average molecular weight is 493 g/mol. The van der Waals surface area contributed by atoms with Gasteiger partial charge in [0.25, 0.3) is 5.91 Å². The van der Waals surface area contributed by atoms with Crippen LogP contribution >= 0.6 is 24.0 Å². The van der Waals surface area contributed by atoms with Crippen molar-refractivity contribution in [1.29, 1.82) is 0 Å². The number of halogens is 2. The fraction of sp³-hybridized carbons (Fsp3) is 0.458. The Balaban J connectivity index is 0.00000306. The Kier molecular flexibility index (Phi) is 8.95. The number of amides is 2. The number of anilines is 2. The summed E-state index contributed by atoms with van der Waals surface area (Å²) in [5, 5.41) is 5.93. The molecule has 2 aromatic rings. The lowest BCUT2D eigenvalue weighted by atomic mass is 9.85. The molecule has 3 atom stereocenters. The molecule has 2 N–H and O–H groups in total. The van der Waals surface area contributed by atoms with Crippen LogP contribution in [0.3, 0.4) is 0 Å². The lowest BCUT2D eigenvalue weighted by Crippen LogP contribution is -2.41. The minimum atomic E-state index is -0.543. The van der Waals surface area contributed by atoms with E-state index in [9.17, 15) is 9.59 Å². The second-order valence-corrected chi connectivity index (χ2v) is 9.06. The molecule has 2 amide bonds. The van der Waals surface area contributed by atoms with Crippen LogP contribution < -0.4 is 10.6 Å². The van der Waals surface area contributed by atoms with E-state index in [0.29, 0.717) is 34.1 Å². The van der Waals surface area contributed by atoms with Gasteiger partial charge in [-0.15, -0.1) is 12.4 Å². The van der Waals surface area contributed by atoms with Crippen molar-refractivity contribution in [2.24, 2.45) is 5.92 Å². The molecule has 3 unspecified atom stereocenters. The third-order valence-electron chi connectivity index (χ3n) is 6.36. The Morgan fingerprint density at radius 3 is 2.64 bits per heavy atom. The summed E-state index contributed by atoms with van der Waals surface area (Å²) in [6.45, 7) is 4.05. The quantitative estimate of drug-likeness (QED) is 0.566. The average Bonchev–Trinajstić information content (AvgIpc) is 3.24. The molecular weight excluding hydrogens is 463 g/mol. The first-order chi connectivity index (χ1) is 15.5. The number of nitrogens with zero attached hydrogens (tertiary/aromatic N) is 2. The highest BCUT2D eigenvalue weighted by Gasteiger charge is 2.34. The molecule has 2 heterocycles. The lowest BCUT2D eigenvalue weighted by Gasteiger charge is -2.36. The standard InChI is InChI=1S/C24H29ClN4O3.ClH/c1-16-6-2-5-9-21(16)29-13-12-18(15-29)32-24(31)27-20-8-4-3-7-19(20)23(30)28-22-11-10-17(25)14-26-22;/h3-4,7-8,10-11,14,16,18,21H,2,5-6,9,12-13,15H2,1H3,(H,27,31)(H,26,28,30);1H. The maximum atomic E-state index is 12.7. The molecule has 1 aliphatic carbocycles. The molecule has 1 saturated heterocycles. The van der Waals surface area contributed by atoms with Gasteiger partial charge in [-0.25, -0.2) is 9.78 Å². The summed E-state index contributed by atoms with van der Waals surface area (Å²) < 4.78 is 5.69. The predicted octanol–water partition coefficient (Wildman–Crippen LogP) is 5.61. The summed E-state index contributed by atoms with van der Waals surface area (Å²) in [5.74, 6) is 0.686. The molecule has 0 radical (unpaired) electrons. The fourth-order valence-corrected chi connectivity index (χ4v) is 4.82. The highest BCUT2D eigenvalue weighted by Crippen LogP contribution is 2.31. The minimum absolute atomic E-state index is 0. The maximum absolute atomic E-state index is 12.7. The number of hydrogen-bond acceptors (Lipinski definition) is 5. The Hall–Kier alpha value is -2.35. The Labute approximate surface area is 205 Å². The number of carbonyl (C=O) groups is 2. The third kappa shape index (κ3) is 6.59. The number of para-hydroxylation sites is 1. The SMILES string of the molecule is CC1CCCCC1N1CCC(OC(=O)Nc2ccccc2C(=O)Nc2ccc(Cl)cn2)C1.Cl. The van der Waals surface area contributed by atoms with E-state index in [1.165, 1.54) is 31.9 Å². The van der Waals surface area contributed by atoms with Crippen LogP contribution in [-0.4, -0.2) is 47.1 Å². The van der Waals surface area contributed by atoms with E-state index < -0.39 is 6.09 Å². The zero-order valence-electron chi connectivity index (χ0n) is 18.6. The Morgan fingerprint density at radius 2 is 1.88 bits per heavy atom. The summed E-state index contributed by atoms with van der Waals surface area (Å²) in [6, 6.07) is 10.7. The van der Waals surface area contributed by atoms with Crippen molar-refractivity contribution in [3.63, 3.8) is 0 Å².